The van der Waals surface area contributed by atoms with Crippen LogP contribution in [0.2, 0.25) is 0 Å². The summed E-state index contributed by atoms with van der Waals surface area (Å²) in [6.45, 7) is 4.45. The molecule has 18 heavy (non-hydrogen) atoms. The van der Waals surface area contributed by atoms with E-state index in [-0.39, 0.29) is 6.61 Å². The van der Waals surface area contributed by atoms with Crippen LogP contribution < -0.4 is 4.90 Å². The molecular formula is C13H20N4O. The molecule has 2 fully saturated rings. The van der Waals surface area contributed by atoms with Crippen LogP contribution in [0.25, 0.3) is 0 Å². The van der Waals surface area contributed by atoms with Crippen LogP contribution in [0, 0.1) is 0 Å². The Balaban J connectivity index is 1.69. The van der Waals surface area contributed by atoms with Crippen LogP contribution in [0.1, 0.15) is 25.0 Å². The summed E-state index contributed by atoms with van der Waals surface area (Å²) in [4.78, 5) is 13.5. The molecule has 5 heteroatoms. The van der Waals surface area contributed by atoms with Crippen LogP contribution in [0.3, 0.4) is 0 Å². The summed E-state index contributed by atoms with van der Waals surface area (Å²) in [5.41, 5.74) is 0.634. The summed E-state index contributed by atoms with van der Waals surface area (Å²) >= 11 is 0. The largest absolute Gasteiger partial charge is 0.390 e. The molecule has 1 atom stereocenters. The van der Waals surface area contributed by atoms with Crippen molar-refractivity contribution in [1.29, 1.82) is 0 Å². The molecule has 3 heterocycles. The fourth-order valence-electron chi connectivity index (χ4n) is 2.96. The molecule has 0 aromatic carbocycles. The minimum absolute atomic E-state index is 0.0380. The summed E-state index contributed by atoms with van der Waals surface area (Å²) in [6.07, 6.45) is 7.46. The van der Waals surface area contributed by atoms with Crippen molar-refractivity contribution in [2.45, 2.75) is 31.9 Å². The Kier molecular flexibility index (Phi) is 3.43. The van der Waals surface area contributed by atoms with Crippen LogP contribution in [-0.4, -0.2) is 52.2 Å². The van der Waals surface area contributed by atoms with Crippen molar-refractivity contribution < 1.29 is 5.11 Å². The number of anilines is 1. The van der Waals surface area contributed by atoms with Crippen LogP contribution in [0.4, 0.5) is 5.82 Å². The van der Waals surface area contributed by atoms with E-state index in [0.29, 0.717) is 11.7 Å². The number of aliphatic hydroxyl groups is 1. The van der Waals surface area contributed by atoms with Gasteiger partial charge in [-0.05, 0) is 19.4 Å². The number of fused-ring (bicyclic) bond motifs is 1. The molecule has 0 spiro atoms. The molecule has 1 aromatic heterocycles. The average molecular weight is 248 g/mol. The molecule has 2 saturated heterocycles. The second-order valence-corrected chi connectivity index (χ2v) is 5.16. The lowest BCUT2D eigenvalue weighted by atomic mass is 9.99. The predicted octanol–water partition coefficient (Wildman–Crippen LogP) is 0.643. The van der Waals surface area contributed by atoms with E-state index in [1.165, 1.54) is 25.8 Å². The molecular weight excluding hydrogens is 228 g/mol. The maximum absolute atomic E-state index is 8.97. The highest BCUT2D eigenvalue weighted by Crippen LogP contribution is 2.23. The Morgan fingerprint density at radius 2 is 2.11 bits per heavy atom. The van der Waals surface area contributed by atoms with Gasteiger partial charge in [0, 0.05) is 25.7 Å². The minimum atomic E-state index is -0.0380. The molecule has 1 N–H and O–H groups in total. The standard InChI is InChI=1S/C13H20N4O/c18-10-11-7-15-13(8-14-11)17-6-5-16-4-2-1-3-12(16)9-17/h7-8,12,18H,1-6,9-10H2. The maximum Gasteiger partial charge on any atom is 0.147 e. The zero-order chi connectivity index (χ0) is 12.4. The Morgan fingerprint density at radius 3 is 2.89 bits per heavy atom. The quantitative estimate of drug-likeness (QED) is 0.832. The Hall–Kier alpha value is -1.20. The lowest BCUT2D eigenvalue weighted by Crippen LogP contribution is -2.55. The third-order valence-corrected chi connectivity index (χ3v) is 4.02. The zero-order valence-corrected chi connectivity index (χ0v) is 10.6. The van der Waals surface area contributed by atoms with E-state index in [0.717, 1.165) is 25.5 Å². The number of aliphatic hydroxyl groups excluding tert-OH is 1. The first-order chi connectivity index (χ1) is 8.86. The smallest absolute Gasteiger partial charge is 0.147 e. The molecule has 0 bridgehead atoms. The summed E-state index contributed by atoms with van der Waals surface area (Å²) in [6, 6.07) is 0.687. The van der Waals surface area contributed by atoms with Gasteiger partial charge in [0.25, 0.3) is 0 Å². The van der Waals surface area contributed by atoms with E-state index >= 15 is 0 Å². The monoisotopic (exact) mass is 248 g/mol. The Labute approximate surface area is 107 Å². The lowest BCUT2D eigenvalue weighted by Gasteiger charge is -2.44. The van der Waals surface area contributed by atoms with Gasteiger partial charge in [0.15, 0.2) is 0 Å². The van der Waals surface area contributed by atoms with Crippen molar-refractivity contribution in [3.05, 3.63) is 18.1 Å². The van der Waals surface area contributed by atoms with E-state index in [1.807, 2.05) is 0 Å². The number of hydrogen-bond donors (Lipinski definition) is 1. The molecule has 0 amide bonds. The molecule has 5 nitrogen and oxygen atoms in total. The van der Waals surface area contributed by atoms with Crippen molar-refractivity contribution in [2.75, 3.05) is 31.1 Å². The van der Waals surface area contributed by atoms with Crippen molar-refractivity contribution in [2.24, 2.45) is 0 Å². The van der Waals surface area contributed by atoms with Gasteiger partial charge >= 0.3 is 0 Å². The molecule has 0 saturated carbocycles. The van der Waals surface area contributed by atoms with E-state index < -0.39 is 0 Å². The number of aromatic nitrogens is 2. The fourth-order valence-corrected chi connectivity index (χ4v) is 2.96. The van der Waals surface area contributed by atoms with E-state index in [2.05, 4.69) is 19.8 Å². The normalized spacial score (nSPS) is 24.9. The fraction of sp³-hybridized carbons (Fsp3) is 0.692. The topological polar surface area (TPSA) is 52.5 Å². The van der Waals surface area contributed by atoms with Crippen molar-refractivity contribution >= 4 is 5.82 Å². The summed E-state index contributed by atoms with van der Waals surface area (Å²) < 4.78 is 0. The highest BCUT2D eigenvalue weighted by atomic mass is 16.3. The molecule has 0 aliphatic carbocycles. The third-order valence-electron chi connectivity index (χ3n) is 4.02. The number of rotatable bonds is 2. The highest BCUT2D eigenvalue weighted by molar-refractivity contribution is 5.37. The van der Waals surface area contributed by atoms with Crippen molar-refractivity contribution in [3.8, 4) is 0 Å². The summed E-state index contributed by atoms with van der Waals surface area (Å²) in [5.74, 6) is 0.942. The number of piperidine rings is 1. The number of piperazine rings is 1. The van der Waals surface area contributed by atoms with Gasteiger partial charge in [-0.2, -0.15) is 0 Å². The van der Waals surface area contributed by atoms with Crippen LogP contribution in [-0.2, 0) is 6.61 Å². The van der Waals surface area contributed by atoms with Crippen molar-refractivity contribution in [3.63, 3.8) is 0 Å². The second kappa shape index (κ2) is 5.20. The number of nitrogens with zero attached hydrogens (tertiary/aromatic N) is 4. The average Bonchev–Trinajstić information content (AvgIpc) is 2.47. The first-order valence-corrected chi connectivity index (χ1v) is 6.77. The Morgan fingerprint density at radius 1 is 1.17 bits per heavy atom. The van der Waals surface area contributed by atoms with Gasteiger partial charge in [-0.1, -0.05) is 6.42 Å². The molecule has 2 aliphatic rings. The van der Waals surface area contributed by atoms with E-state index in [9.17, 15) is 0 Å². The van der Waals surface area contributed by atoms with Gasteiger partial charge in [-0.25, -0.2) is 4.98 Å². The van der Waals surface area contributed by atoms with Gasteiger partial charge in [-0.3, -0.25) is 9.88 Å². The van der Waals surface area contributed by atoms with Gasteiger partial charge in [0.1, 0.15) is 5.82 Å². The summed E-state index contributed by atoms with van der Waals surface area (Å²) in [7, 11) is 0. The van der Waals surface area contributed by atoms with E-state index in [1.54, 1.807) is 12.4 Å². The Bertz CT molecular complexity index is 394. The lowest BCUT2D eigenvalue weighted by molar-refractivity contribution is 0.133. The summed E-state index contributed by atoms with van der Waals surface area (Å²) in [5, 5.41) is 8.97. The van der Waals surface area contributed by atoms with Gasteiger partial charge in [0.05, 0.1) is 24.7 Å². The molecule has 98 valence electrons. The molecule has 1 aromatic rings. The highest BCUT2D eigenvalue weighted by Gasteiger charge is 2.29. The molecule has 2 aliphatic heterocycles. The van der Waals surface area contributed by atoms with Gasteiger partial charge < -0.3 is 10.0 Å². The molecule has 0 radical (unpaired) electrons. The van der Waals surface area contributed by atoms with Crippen LogP contribution >= 0.6 is 0 Å². The molecule has 3 rings (SSSR count). The maximum atomic E-state index is 8.97. The number of hydrogen-bond acceptors (Lipinski definition) is 5. The third kappa shape index (κ3) is 2.33. The van der Waals surface area contributed by atoms with Crippen LogP contribution in [0.15, 0.2) is 12.4 Å². The van der Waals surface area contributed by atoms with Crippen LogP contribution in [0.5, 0.6) is 0 Å². The second-order valence-electron chi connectivity index (χ2n) is 5.16. The zero-order valence-electron chi connectivity index (χ0n) is 10.6. The minimum Gasteiger partial charge on any atom is -0.390 e. The van der Waals surface area contributed by atoms with Gasteiger partial charge in [0.2, 0.25) is 0 Å². The SMILES string of the molecule is OCc1cnc(N2CCN3CCCCC3C2)cn1. The van der Waals surface area contributed by atoms with Gasteiger partial charge in [-0.15, -0.1) is 0 Å². The molecule has 1 unspecified atom stereocenters. The first-order valence-electron chi connectivity index (χ1n) is 6.77. The first kappa shape index (κ1) is 11.9. The predicted molar refractivity (Wildman–Crippen MR) is 69.4 cm³/mol. The van der Waals surface area contributed by atoms with E-state index in [4.69, 9.17) is 5.11 Å². The van der Waals surface area contributed by atoms with Crippen molar-refractivity contribution in [1.82, 2.24) is 14.9 Å².